The molecule has 398 valence electrons. The molecule has 5 heterocycles. The van der Waals surface area contributed by atoms with Gasteiger partial charge >= 0.3 is 6.09 Å². The molecule has 0 bridgehead atoms. The van der Waals surface area contributed by atoms with Gasteiger partial charge in [-0.3, -0.25) is 34.3 Å². The first-order chi connectivity index (χ1) is 35.7. The molecule has 0 spiro atoms. The van der Waals surface area contributed by atoms with E-state index in [2.05, 4.69) is 31.4 Å². The lowest BCUT2D eigenvalue weighted by Crippen LogP contribution is -2.57. The number of ether oxygens (including phenoxy) is 1. The third-order valence-electron chi connectivity index (χ3n) is 16.1. The van der Waals surface area contributed by atoms with E-state index < -0.39 is 29.6 Å². The normalized spacial score (nSPS) is 20.9. The number of halogens is 1. The number of nitrogens with one attached hydrogen (secondary N) is 2. The van der Waals surface area contributed by atoms with Crippen molar-refractivity contribution in [3.63, 3.8) is 0 Å². The number of hydrogen-bond acceptors (Lipinski definition) is 11. The number of aromatic amines is 1. The number of fused-ring (bicyclic) bond motifs is 1. The summed E-state index contributed by atoms with van der Waals surface area (Å²) in [6.07, 6.45) is 8.05. The molecule has 1 aliphatic carbocycles. The van der Waals surface area contributed by atoms with Gasteiger partial charge in [-0.1, -0.05) is 67.8 Å². The summed E-state index contributed by atoms with van der Waals surface area (Å²) in [6.45, 7) is 14.1. The summed E-state index contributed by atoms with van der Waals surface area (Å²) in [7, 11) is 0. The molecule has 16 nitrogen and oxygen atoms in total. The van der Waals surface area contributed by atoms with Gasteiger partial charge in [0.2, 0.25) is 11.8 Å². The van der Waals surface area contributed by atoms with E-state index >= 15 is 4.39 Å². The SMILES string of the molecule is CC(C)(C)OC(=O)N1CCCC(c2cccc(C(O)N[C@@H](C(=O)N3CCN(CC4CCN(CC(=O)N5CCN(C(=O)c6cc(Cc7n[nH]c(=O)c8ccccc78)ccc6F)CC5)CC4)CC3)C3CCCCC3)c2)C1. The fourth-order valence-electron chi connectivity index (χ4n) is 11.9. The number of aliphatic hydroxyl groups is 1. The van der Waals surface area contributed by atoms with Gasteiger partial charge in [0.25, 0.3) is 11.5 Å². The lowest BCUT2D eigenvalue weighted by molar-refractivity contribution is -0.138. The average Bonchev–Trinajstić information content (AvgIpc) is 3.41. The van der Waals surface area contributed by atoms with Crippen LogP contribution < -0.4 is 10.9 Å². The molecule has 5 aliphatic rings. The van der Waals surface area contributed by atoms with Gasteiger partial charge in [-0.25, -0.2) is 14.3 Å². The van der Waals surface area contributed by atoms with E-state index in [1.807, 2.05) is 60.9 Å². The first-order valence-electron chi connectivity index (χ1n) is 27.2. The van der Waals surface area contributed by atoms with Gasteiger partial charge in [0, 0.05) is 89.7 Å². The Labute approximate surface area is 434 Å². The first kappa shape index (κ1) is 53.1. The summed E-state index contributed by atoms with van der Waals surface area (Å²) in [4.78, 5) is 78.7. The second-order valence-corrected chi connectivity index (χ2v) is 22.4. The van der Waals surface area contributed by atoms with Crippen molar-refractivity contribution in [2.24, 2.45) is 11.8 Å². The molecular weight excluding hydrogens is 942 g/mol. The number of piperidine rings is 2. The second kappa shape index (κ2) is 23.8. The molecule has 1 saturated carbocycles. The largest absolute Gasteiger partial charge is 0.444 e. The van der Waals surface area contributed by atoms with Gasteiger partial charge in [-0.05, 0) is 119 Å². The zero-order valence-corrected chi connectivity index (χ0v) is 43.6. The molecule has 2 unspecified atom stereocenters. The van der Waals surface area contributed by atoms with Crippen molar-refractivity contribution >= 4 is 34.6 Å². The number of likely N-dealkylation sites (tertiary alicyclic amines) is 2. The fraction of sp³-hybridized carbons (Fsp3) is 0.579. The van der Waals surface area contributed by atoms with Crippen LogP contribution in [0.1, 0.15) is 123 Å². The van der Waals surface area contributed by atoms with E-state index in [0.717, 1.165) is 95.2 Å². The Morgan fingerprint density at radius 2 is 1.46 bits per heavy atom. The van der Waals surface area contributed by atoms with Gasteiger partial charge < -0.3 is 29.4 Å². The predicted molar refractivity (Wildman–Crippen MR) is 281 cm³/mol. The van der Waals surface area contributed by atoms with E-state index in [1.165, 1.54) is 12.5 Å². The first-order valence-corrected chi connectivity index (χ1v) is 27.2. The maximum atomic E-state index is 15.1. The van der Waals surface area contributed by atoms with E-state index in [0.29, 0.717) is 93.3 Å². The van der Waals surface area contributed by atoms with Crippen LogP contribution in [-0.4, -0.2) is 172 Å². The average molecular weight is 1020 g/mol. The summed E-state index contributed by atoms with van der Waals surface area (Å²) in [5.41, 5.74) is 2.26. The van der Waals surface area contributed by atoms with Crippen LogP contribution in [0.3, 0.4) is 0 Å². The Hall–Kier alpha value is -5.75. The molecule has 4 aromatic rings. The van der Waals surface area contributed by atoms with Crippen LogP contribution in [0, 0.1) is 17.7 Å². The molecule has 4 aliphatic heterocycles. The lowest BCUT2D eigenvalue weighted by atomic mass is 9.83. The number of carbonyl (C=O) groups excluding carboxylic acids is 4. The number of hydrogen-bond donors (Lipinski definition) is 3. The summed E-state index contributed by atoms with van der Waals surface area (Å²) in [5, 5.41) is 23.1. The molecule has 4 amide bonds. The molecule has 74 heavy (non-hydrogen) atoms. The Morgan fingerprint density at radius 3 is 2.19 bits per heavy atom. The molecule has 3 N–H and O–H groups in total. The van der Waals surface area contributed by atoms with Crippen molar-refractivity contribution in [3.05, 3.63) is 111 Å². The summed E-state index contributed by atoms with van der Waals surface area (Å²) < 4.78 is 20.8. The Balaban J connectivity index is 0.707. The van der Waals surface area contributed by atoms with Crippen molar-refractivity contribution < 1.29 is 33.4 Å². The van der Waals surface area contributed by atoms with Crippen LogP contribution >= 0.6 is 0 Å². The van der Waals surface area contributed by atoms with Crippen LogP contribution in [0.25, 0.3) is 10.8 Å². The van der Waals surface area contributed by atoms with Gasteiger partial charge in [0.05, 0.1) is 29.2 Å². The minimum Gasteiger partial charge on any atom is -0.444 e. The highest BCUT2D eigenvalue weighted by Crippen LogP contribution is 2.32. The smallest absolute Gasteiger partial charge is 0.410 e. The second-order valence-electron chi connectivity index (χ2n) is 22.4. The predicted octanol–water partition coefficient (Wildman–Crippen LogP) is 6.14. The van der Waals surface area contributed by atoms with Crippen molar-refractivity contribution in [2.75, 3.05) is 91.6 Å². The standard InChI is InChI=1S/C57H76FN9O7/c1-57(2,3)74-56(73)67-22-10-15-44(37-67)42-13-9-14-43(35-42)52(69)59-51(41-11-5-4-6-12-41)55(72)66-27-25-63(26-28-66)36-39-20-23-62(24-21-39)38-50(68)64-29-31-65(32-30-64)54(71)47-33-40(18-19-48(47)58)34-49-45-16-7-8-17-46(45)53(70)61-60-49/h7-9,13-14,16-19,33,35,39,41,44,51-52,59,69H,4-6,10-12,15,20-32,34,36-38H2,1-3H3,(H,61,70)/t44?,51-,52?/m1/s1. The molecule has 0 radical (unpaired) electrons. The molecule has 9 rings (SSSR count). The quantitative estimate of drug-likeness (QED) is 0.131. The maximum absolute atomic E-state index is 15.1. The van der Waals surface area contributed by atoms with Gasteiger partial charge in [-0.2, -0.15) is 5.10 Å². The molecule has 17 heteroatoms. The Morgan fingerprint density at radius 1 is 0.757 bits per heavy atom. The van der Waals surface area contributed by atoms with E-state index in [4.69, 9.17) is 4.74 Å². The number of amides is 4. The number of rotatable bonds is 13. The highest BCUT2D eigenvalue weighted by molar-refractivity contribution is 5.95. The maximum Gasteiger partial charge on any atom is 0.410 e. The number of H-pyrrole nitrogens is 1. The van der Waals surface area contributed by atoms with Gasteiger partial charge in [0.15, 0.2) is 0 Å². The van der Waals surface area contributed by atoms with Crippen LogP contribution in [-0.2, 0) is 20.7 Å². The monoisotopic (exact) mass is 1020 g/mol. The number of aromatic nitrogens is 2. The Kier molecular flexibility index (Phi) is 17.1. The summed E-state index contributed by atoms with van der Waals surface area (Å²) in [6, 6.07) is 19.2. The minimum absolute atomic E-state index is 0.0213. The zero-order chi connectivity index (χ0) is 51.9. The molecule has 3 atom stereocenters. The van der Waals surface area contributed by atoms with Crippen molar-refractivity contribution in [1.82, 2.24) is 44.9 Å². The number of piperazine rings is 2. The van der Waals surface area contributed by atoms with E-state index in [1.54, 1.807) is 34.1 Å². The number of nitrogens with zero attached hydrogens (tertiary/aromatic N) is 7. The topological polar surface area (TPSA) is 175 Å². The third kappa shape index (κ3) is 13.2. The van der Waals surface area contributed by atoms with Crippen LogP contribution in [0.2, 0.25) is 0 Å². The number of aliphatic hydroxyl groups excluding tert-OH is 1. The third-order valence-corrected chi connectivity index (χ3v) is 16.1. The molecule has 5 fully saturated rings. The number of benzene rings is 3. The van der Waals surface area contributed by atoms with Crippen LogP contribution in [0.15, 0.2) is 71.5 Å². The highest BCUT2D eigenvalue weighted by atomic mass is 19.1. The molecular formula is C57H76FN9O7. The van der Waals surface area contributed by atoms with Crippen LogP contribution in [0.5, 0.6) is 0 Å². The minimum atomic E-state index is -1.01. The van der Waals surface area contributed by atoms with Crippen molar-refractivity contribution in [1.29, 1.82) is 0 Å². The summed E-state index contributed by atoms with van der Waals surface area (Å²) >= 11 is 0. The molecule has 3 aromatic carbocycles. The molecule has 4 saturated heterocycles. The summed E-state index contributed by atoms with van der Waals surface area (Å²) in [5.74, 6) is -0.119. The van der Waals surface area contributed by atoms with Gasteiger partial charge in [0.1, 0.15) is 17.6 Å². The van der Waals surface area contributed by atoms with Crippen molar-refractivity contribution in [2.45, 2.75) is 109 Å². The van der Waals surface area contributed by atoms with Crippen LogP contribution in [0.4, 0.5) is 9.18 Å². The highest BCUT2D eigenvalue weighted by Gasteiger charge is 2.37. The Bertz CT molecular complexity index is 2660. The number of carbonyl (C=O) groups is 4. The fourth-order valence-corrected chi connectivity index (χ4v) is 11.9. The van der Waals surface area contributed by atoms with E-state index in [-0.39, 0.29) is 40.9 Å². The lowest BCUT2D eigenvalue weighted by Gasteiger charge is -2.41. The van der Waals surface area contributed by atoms with Crippen molar-refractivity contribution in [3.8, 4) is 0 Å². The zero-order valence-electron chi connectivity index (χ0n) is 43.6. The molecule has 1 aromatic heterocycles. The van der Waals surface area contributed by atoms with E-state index in [9.17, 15) is 29.1 Å². The van der Waals surface area contributed by atoms with Gasteiger partial charge in [-0.15, -0.1) is 0 Å².